The van der Waals surface area contributed by atoms with Crippen LogP contribution in [0, 0.1) is 6.92 Å². The molecule has 1 aromatic heterocycles. The minimum Gasteiger partial charge on any atom is -0.497 e. The van der Waals surface area contributed by atoms with Crippen molar-refractivity contribution in [3.05, 3.63) is 89.5 Å². The molecule has 0 aliphatic carbocycles. The number of rotatable bonds is 4. The molecule has 0 fully saturated rings. The Balaban J connectivity index is 1.45. The number of ether oxygens (including phenoxy) is 1. The molecule has 0 bridgehead atoms. The van der Waals surface area contributed by atoms with Crippen LogP contribution in [0.5, 0.6) is 5.75 Å². The molecule has 5 rings (SSSR count). The molecule has 1 aliphatic heterocycles. The first-order valence-corrected chi connectivity index (χ1v) is 11.7. The van der Waals surface area contributed by atoms with Gasteiger partial charge >= 0.3 is 0 Å². The van der Waals surface area contributed by atoms with E-state index in [0.29, 0.717) is 5.75 Å². The Morgan fingerprint density at radius 1 is 0.969 bits per heavy atom. The number of amides is 1. The van der Waals surface area contributed by atoms with Crippen molar-refractivity contribution in [2.24, 2.45) is 0 Å². The molecule has 0 atom stereocenters. The van der Waals surface area contributed by atoms with Gasteiger partial charge < -0.3 is 4.74 Å². The van der Waals surface area contributed by atoms with Crippen LogP contribution in [0.4, 0.5) is 11.4 Å². The molecule has 3 aromatic carbocycles. The number of thioether (sulfide) groups is 1. The van der Waals surface area contributed by atoms with Gasteiger partial charge in [-0.2, -0.15) is 0 Å². The molecule has 0 saturated heterocycles. The van der Waals surface area contributed by atoms with Crippen molar-refractivity contribution in [2.75, 3.05) is 17.8 Å². The van der Waals surface area contributed by atoms with Crippen LogP contribution in [0.15, 0.2) is 77.8 Å². The zero-order chi connectivity index (χ0) is 22.1. The van der Waals surface area contributed by atoms with Crippen molar-refractivity contribution in [1.82, 2.24) is 4.98 Å². The van der Waals surface area contributed by atoms with Gasteiger partial charge in [0, 0.05) is 5.39 Å². The number of aryl methyl sites for hydroxylation is 3. The summed E-state index contributed by atoms with van der Waals surface area (Å²) < 4.78 is 5.32. The van der Waals surface area contributed by atoms with Crippen molar-refractivity contribution in [3.8, 4) is 5.75 Å². The Morgan fingerprint density at radius 2 is 1.62 bits per heavy atom. The van der Waals surface area contributed by atoms with Gasteiger partial charge in [0.05, 0.1) is 29.8 Å². The second kappa shape index (κ2) is 8.67. The maximum Gasteiger partial charge on any atom is 0.241 e. The molecule has 1 aliphatic rings. The highest BCUT2D eigenvalue weighted by Gasteiger charge is 2.25. The summed E-state index contributed by atoms with van der Waals surface area (Å²) in [6.45, 7) is 2.04. The summed E-state index contributed by atoms with van der Waals surface area (Å²) >= 11 is 1.50. The second-order valence-electron chi connectivity index (χ2n) is 7.94. The maximum atomic E-state index is 13.6. The van der Waals surface area contributed by atoms with E-state index in [2.05, 4.69) is 18.2 Å². The van der Waals surface area contributed by atoms with Gasteiger partial charge in [-0.25, -0.2) is 4.98 Å². The van der Waals surface area contributed by atoms with E-state index in [1.54, 1.807) is 7.11 Å². The van der Waals surface area contributed by atoms with Gasteiger partial charge in [-0.15, -0.1) is 0 Å². The minimum absolute atomic E-state index is 0.0628. The Labute approximate surface area is 192 Å². The van der Waals surface area contributed by atoms with Crippen LogP contribution in [0.3, 0.4) is 0 Å². The Hall–Kier alpha value is -3.31. The van der Waals surface area contributed by atoms with Gasteiger partial charge in [-0.3, -0.25) is 9.69 Å². The quantitative estimate of drug-likeness (QED) is 0.359. The standard InChI is InChI=1S/C27H24N2O2S/c1-18-15-21-16-22(31-2)13-14-23(21)28-27(18)32-17-26(30)29-24-9-5-3-7-19(24)11-12-20-8-4-6-10-25(20)29/h3-10,13-16H,11-12,17H2,1-2H3. The molecule has 4 aromatic rings. The number of anilines is 2. The van der Waals surface area contributed by atoms with Gasteiger partial charge in [0.25, 0.3) is 0 Å². The lowest BCUT2D eigenvalue weighted by molar-refractivity contribution is -0.115. The van der Waals surface area contributed by atoms with E-state index in [9.17, 15) is 4.79 Å². The molecule has 5 heteroatoms. The number of aromatic nitrogens is 1. The van der Waals surface area contributed by atoms with E-state index >= 15 is 0 Å². The first-order valence-electron chi connectivity index (χ1n) is 10.7. The van der Waals surface area contributed by atoms with E-state index in [-0.39, 0.29) is 5.91 Å². The van der Waals surface area contributed by atoms with Crippen LogP contribution in [0.1, 0.15) is 16.7 Å². The lowest BCUT2D eigenvalue weighted by atomic mass is 10.0. The first-order chi connectivity index (χ1) is 15.6. The third-order valence-electron chi connectivity index (χ3n) is 5.88. The lowest BCUT2D eigenvalue weighted by Gasteiger charge is -2.25. The fourth-order valence-electron chi connectivity index (χ4n) is 4.26. The van der Waals surface area contributed by atoms with E-state index in [4.69, 9.17) is 9.72 Å². The van der Waals surface area contributed by atoms with Crippen LogP contribution in [-0.4, -0.2) is 23.8 Å². The van der Waals surface area contributed by atoms with Crippen molar-refractivity contribution in [3.63, 3.8) is 0 Å². The summed E-state index contributed by atoms with van der Waals surface area (Å²) in [5, 5.41) is 1.92. The summed E-state index contributed by atoms with van der Waals surface area (Å²) in [6.07, 6.45) is 1.86. The molecule has 1 amide bonds. The Bertz CT molecular complexity index is 1270. The number of hydrogen-bond donors (Lipinski definition) is 0. The molecule has 0 saturated carbocycles. The number of carbonyl (C=O) groups is 1. The summed E-state index contributed by atoms with van der Waals surface area (Å²) in [4.78, 5) is 20.3. The predicted molar refractivity (Wildman–Crippen MR) is 131 cm³/mol. The number of benzene rings is 3. The molecule has 32 heavy (non-hydrogen) atoms. The van der Waals surface area contributed by atoms with Crippen LogP contribution in [0.25, 0.3) is 10.9 Å². The highest BCUT2D eigenvalue weighted by atomic mass is 32.2. The topological polar surface area (TPSA) is 42.4 Å². The number of pyridine rings is 1. The Kier molecular flexibility index (Phi) is 5.58. The third kappa shape index (κ3) is 3.84. The largest absolute Gasteiger partial charge is 0.497 e. The number of fused-ring (bicyclic) bond motifs is 3. The fraction of sp³-hybridized carbons (Fsp3) is 0.185. The number of nitrogens with zero attached hydrogens (tertiary/aromatic N) is 2. The number of methoxy groups -OCH3 is 1. The second-order valence-corrected chi connectivity index (χ2v) is 8.91. The summed E-state index contributed by atoms with van der Waals surface area (Å²) in [5.41, 5.74) is 6.33. The van der Waals surface area contributed by atoms with Crippen molar-refractivity contribution >= 4 is 39.9 Å². The molecule has 0 unspecified atom stereocenters. The molecule has 0 N–H and O–H groups in total. The van der Waals surface area contributed by atoms with E-state index in [0.717, 1.165) is 51.5 Å². The van der Waals surface area contributed by atoms with Crippen molar-refractivity contribution < 1.29 is 9.53 Å². The fourth-order valence-corrected chi connectivity index (χ4v) is 5.10. The zero-order valence-corrected chi connectivity index (χ0v) is 19.0. The van der Waals surface area contributed by atoms with E-state index in [1.807, 2.05) is 66.4 Å². The van der Waals surface area contributed by atoms with Crippen LogP contribution in [-0.2, 0) is 17.6 Å². The van der Waals surface area contributed by atoms with Gasteiger partial charge in [0.15, 0.2) is 0 Å². The molecule has 2 heterocycles. The SMILES string of the molecule is COc1ccc2nc(SCC(=O)N3c4ccccc4CCc4ccccc43)c(C)cc2c1. The predicted octanol–water partition coefficient (Wildman–Crippen LogP) is 6.11. The summed E-state index contributed by atoms with van der Waals surface area (Å²) in [5.74, 6) is 1.19. The van der Waals surface area contributed by atoms with E-state index in [1.165, 1.54) is 22.9 Å². The maximum absolute atomic E-state index is 13.6. The lowest BCUT2D eigenvalue weighted by Crippen LogP contribution is -2.28. The van der Waals surface area contributed by atoms with Crippen molar-refractivity contribution in [1.29, 1.82) is 0 Å². The Morgan fingerprint density at radius 3 is 2.28 bits per heavy atom. The van der Waals surface area contributed by atoms with Crippen molar-refractivity contribution in [2.45, 2.75) is 24.8 Å². The molecular weight excluding hydrogens is 416 g/mol. The van der Waals surface area contributed by atoms with E-state index < -0.39 is 0 Å². The average Bonchev–Trinajstić information content (AvgIpc) is 2.99. The van der Waals surface area contributed by atoms with Gasteiger partial charge in [0.1, 0.15) is 10.8 Å². The number of para-hydroxylation sites is 2. The highest BCUT2D eigenvalue weighted by Crippen LogP contribution is 2.37. The number of hydrogen-bond acceptors (Lipinski definition) is 4. The highest BCUT2D eigenvalue weighted by molar-refractivity contribution is 8.00. The van der Waals surface area contributed by atoms with Gasteiger partial charge in [0.2, 0.25) is 5.91 Å². The first kappa shape index (κ1) is 20.6. The molecule has 4 nitrogen and oxygen atoms in total. The smallest absolute Gasteiger partial charge is 0.241 e. The molecular formula is C27H24N2O2S. The van der Waals surface area contributed by atoms with Crippen LogP contribution >= 0.6 is 11.8 Å². The summed E-state index contributed by atoms with van der Waals surface area (Å²) in [7, 11) is 1.66. The number of carbonyl (C=O) groups excluding carboxylic acids is 1. The monoisotopic (exact) mass is 440 g/mol. The average molecular weight is 441 g/mol. The van der Waals surface area contributed by atoms with Crippen LogP contribution < -0.4 is 9.64 Å². The van der Waals surface area contributed by atoms with Crippen LogP contribution in [0.2, 0.25) is 0 Å². The van der Waals surface area contributed by atoms with Gasteiger partial charge in [-0.1, -0.05) is 48.2 Å². The zero-order valence-electron chi connectivity index (χ0n) is 18.2. The molecule has 0 radical (unpaired) electrons. The minimum atomic E-state index is 0.0628. The van der Waals surface area contributed by atoms with Gasteiger partial charge in [-0.05, 0) is 72.9 Å². The summed E-state index contributed by atoms with van der Waals surface area (Å²) in [6, 6.07) is 24.4. The molecule has 0 spiro atoms. The third-order valence-corrected chi connectivity index (χ3v) is 6.95. The molecule has 160 valence electrons. The normalized spacial score (nSPS) is 12.8.